The van der Waals surface area contributed by atoms with Crippen molar-refractivity contribution >= 4 is 15.7 Å². The molecule has 0 spiro atoms. The van der Waals surface area contributed by atoms with Gasteiger partial charge in [0.25, 0.3) is 0 Å². The van der Waals surface area contributed by atoms with Crippen LogP contribution in [0.1, 0.15) is 46.0 Å². The lowest BCUT2D eigenvalue weighted by Crippen LogP contribution is -2.50. The lowest BCUT2D eigenvalue weighted by Gasteiger charge is -2.35. The van der Waals surface area contributed by atoms with Crippen molar-refractivity contribution in [1.82, 2.24) is 10.6 Å². The molecular weight excluding hydrogens is 288 g/mol. The highest BCUT2D eigenvalue weighted by atomic mass is 32.2. The van der Waals surface area contributed by atoms with Gasteiger partial charge in [-0.1, -0.05) is 26.7 Å². The van der Waals surface area contributed by atoms with Gasteiger partial charge in [0.05, 0.1) is 11.5 Å². The van der Waals surface area contributed by atoms with E-state index in [1.807, 2.05) is 0 Å². The van der Waals surface area contributed by atoms with Gasteiger partial charge in [0.1, 0.15) is 0 Å². The standard InChI is InChI=1S/C15H28N2O3S/c1-11(2)13-5-3-4-6-14(13)17-15(18)9-12-10-21(19,20)8-7-16-12/h11-14,16H,3-10H2,1-2H3,(H,17,18). The van der Waals surface area contributed by atoms with Crippen molar-refractivity contribution < 1.29 is 13.2 Å². The SMILES string of the molecule is CC(C)C1CCCCC1NC(=O)CC1CS(=O)(=O)CCN1. The molecule has 2 rings (SSSR count). The van der Waals surface area contributed by atoms with Crippen LogP contribution >= 0.6 is 0 Å². The molecule has 0 bridgehead atoms. The molecule has 0 aromatic heterocycles. The monoisotopic (exact) mass is 316 g/mol. The van der Waals surface area contributed by atoms with Crippen LogP contribution in [0.2, 0.25) is 0 Å². The fraction of sp³-hybridized carbons (Fsp3) is 0.933. The van der Waals surface area contributed by atoms with Crippen molar-refractivity contribution in [2.24, 2.45) is 11.8 Å². The zero-order valence-corrected chi connectivity index (χ0v) is 13.9. The highest BCUT2D eigenvalue weighted by Crippen LogP contribution is 2.30. The van der Waals surface area contributed by atoms with Crippen molar-refractivity contribution in [2.45, 2.75) is 58.0 Å². The van der Waals surface area contributed by atoms with Crippen molar-refractivity contribution in [3.8, 4) is 0 Å². The third-order valence-electron chi connectivity index (χ3n) is 4.76. The Hall–Kier alpha value is -0.620. The summed E-state index contributed by atoms with van der Waals surface area (Å²) in [5, 5.41) is 6.29. The summed E-state index contributed by atoms with van der Waals surface area (Å²) in [6.07, 6.45) is 4.91. The lowest BCUT2D eigenvalue weighted by atomic mass is 9.78. The number of carbonyl (C=O) groups excluding carboxylic acids is 1. The molecule has 1 aliphatic carbocycles. The molecule has 1 saturated carbocycles. The summed E-state index contributed by atoms with van der Waals surface area (Å²) < 4.78 is 23.2. The Morgan fingerprint density at radius 3 is 2.67 bits per heavy atom. The van der Waals surface area contributed by atoms with Crippen LogP contribution in [0.25, 0.3) is 0 Å². The summed E-state index contributed by atoms with van der Waals surface area (Å²) in [6.45, 7) is 4.88. The van der Waals surface area contributed by atoms with E-state index < -0.39 is 9.84 Å². The van der Waals surface area contributed by atoms with E-state index in [0.717, 1.165) is 6.42 Å². The molecule has 122 valence electrons. The van der Waals surface area contributed by atoms with Gasteiger partial charge in [-0.25, -0.2) is 8.42 Å². The largest absolute Gasteiger partial charge is 0.353 e. The molecule has 2 N–H and O–H groups in total. The Bertz CT molecular complexity index is 462. The minimum absolute atomic E-state index is 0.0119. The molecule has 1 saturated heterocycles. The first-order valence-electron chi connectivity index (χ1n) is 8.10. The van der Waals surface area contributed by atoms with Crippen LogP contribution in [0.5, 0.6) is 0 Å². The maximum absolute atomic E-state index is 12.2. The summed E-state index contributed by atoms with van der Waals surface area (Å²) in [5.41, 5.74) is 0. The quantitative estimate of drug-likeness (QED) is 0.814. The number of nitrogens with one attached hydrogen (secondary N) is 2. The van der Waals surface area contributed by atoms with Gasteiger partial charge in [0, 0.05) is 25.0 Å². The average molecular weight is 316 g/mol. The number of hydrogen-bond donors (Lipinski definition) is 2. The van der Waals surface area contributed by atoms with E-state index in [2.05, 4.69) is 24.5 Å². The van der Waals surface area contributed by atoms with E-state index in [4.69, 9.17) is 0 Å². The van der Waals surface area contributed by atoms with E-state index in [1.165, 1.54) is 19.3 Å². The second-order valence-electron chi connectivity index (χ2n) is 6.84. The predicted octanol–water partition coefficient (Wildman–Crippen LogP) is 1.09. The maximum atomic E-state index is 12.2. The average Bonchev–Trinajstić information content (AvgIpc) is 2.37. The van der Waals surface area contributed by atoms with Gasteiger partial charge >= 0.3 is 0 Å². The minimum Gasteiger partial charge on any atom is -0.353 e. The number of sulfone groups is 1. The molecule has 0 radical (unpaired) electrons. The number of carbonyl (C=O) groups is 1. The molecule has 0 aromatic carbocycles. The van der Waals surface area contributed by atoms with Crippen LogP contribution in [0.15, 0.2) is 0 Å². The molecule has 1 aliphatic heterocycles. The minimum atomic E-state index is -2.98. The number of amides is 1. The lowest BCUT2D eigenvalue weighted by molar-refractivity contribution is -0.123. The second kappa shape index (κ2) is 7.09. The van der Waals surface area contributed by atoms with Crippen LogP contribution in [-0.2, 0) is 14.6 Å². The van der Waals surface area contributed by atoms with Crippen molar-refractivity contribution in [3.05, 3.63) is 0 Å². The molecule has 3 atom stereocenters. The Balaban J connectivity index is 1.86. The van der Waals surface area contributed by atoms with Gasteiger partial charge in [-0.3, -0.25) is 4.79 Å². The molecular formula is C15H28N2O3S. The Morgan fingerprint density at radius 1 is 1.29 bits per heavy atom. The summed E-state index contributed by atoms with van der Waals surface area (Å²) in [6, 6.07) is 0.0243. The fourth-order valence-electron chi connectivity index (χ4n) is 3.62. The predicted molar refractivity (Wildman–Crippen MR) is 83.8 cm³/mol. The van der Waals surface area contributed by atoms with Crippen LogP contribution in [0.4, 0.5) is 0 Å². The van der Waals surface area contributed by atoms with Crippen LogP contribution < -0.4 is 10.6 Å². The zero-order valence-electron chi connectivity index (χ0n) is 13.1. The zero-order chi connectivity index (χ0) is 15.5. The molecule has 1 amide bonds. The molecule has 2 aliphatic rings. The Morgan fingerprint density at radius 2 is 2.00 bits per heavy atom. The summed E-state index contributed by atoms with van der Waals surface area (Å²) >= 11 is 0. The van der Waals surface area contributed by atoms with Gasteiger partial charge in [-0.15, -0.1) is 0 Å². The summed E-state index contributed by atoms with van der Waals surface area (Å²) in [5.74, 6) is 1.37. The fourth-order valence-corrected chi connectivity index (χ4v) is 5.07. The molecule has 21 heavy (non-hydrogen) atoms. The normalized spacial score (nSPS) is 32.8. The molecule has 0 aromatic rings. The number of hydrogen-bond acceptors (Lipinski definition) is 4. The van der Waals surface area contributed by atoms with Crippen molar-refractivity contribution in [1.29, 1.82) is 0 Å². The Kier molecular flexibility index (Phi) is 5.66. The maximum Gasteiger partial charge on any atom is 0.221 e. The smallest absolute Gasteiger partial charge is 0.221 e. The first kappa shape index (κ1) is 16.7. The van der Waals surface area contributed by atoms with E-state index >= 15 is 0 Å². The van der Waals surface area contributed by atoms with Crippen LogP contribution in [0, 0.1) is 11.8 Å². The molecule has 1 heterocycles. The van der Waals surface area contributed by atoms with Gasteiger partial charge in [-0.05, 0) is 24.7 Å². The summed E-state index contributed by atoms with van der Waals surface area (Å²) in [4.78, 5) is 12.2. The van der Waals surface area contributed by atoms with E-state index in [0.29, 0.717) is 18.4 Å². The van der Waals surface area contributed by atoms with E-state index in [-0.39, 0.29) is 35.9 Å². The first-order chi connectivity index (χ1) is 9.87. The topological polar surface area (TPSA) is 75.3 Å². The van der Waals surface area contributed by atoms with Gasteiger partial charge in [0.2, 0.25) is 5.91 Å². The molecule has 5 nitrogen and oxygen atoms in total. The van der Waals surface area contributed by atoms with Crippen molar-refractivity contribution in [3.63, 3.8) is 0 Å². The van der Waals surface area contributed by atoms with Crippen LogP contribution in [0.3, 0.4) is 0 Å². The number of rotatable bonds is 4. The third-order valence-corrected chi connectivity index (χ3v) is 6.49. The van der Waals surface area contributed by atoms with Crippen LogP contribution in [-0.4, -0.2) is 44.5 Å². The van der Waals surface area contributed by atoms with E-state index in [1.54, 1.807) is 0 Å². The van der Waals surface area contributed by atoms with Gasteiger partial charge in [-0.2, -0.15) is 0 Å². The van der Waals surface area contributed by atoms with Gasteiger partial charge < -0.3 is 10.6 Å². The third kappa shape index (κ3) is 4.95. The van der Waals surface area contributed by atoms with Gasteiger partial charge in [0.15, 0.2) is 9.84 Å². The molecule has 2 fully saturated rings. The highest BCUT2D eigenvalue weighted by molar-refractivity contribution is 7.91. The summed E-state index contributed by atoms with van der Waals surface area (Å²) in [7, 11) is -2.98. The molecule has 6 heteroatoms. The van der Waals surface area contributed by atoms with E-state index in [9.17, 15) is 13.2 Å². The second-order valence-corrected chi connectivity index (χ2v) is 9.06. The first-order valence-corrected chi connectivity index (χ1v) is 9.92. The molecule has 3 unspecified atom stereocenters. The van der Waals surface area contributed by atoms with Crippen molar-refractivity contribution in [2.75, 3.05) is 18.1 Å². The highest BCUT2D eigenvalue weighted by Gasteiger charge is 2.30. The Labute approximate surface area is 128 Å².